The maximum atomic E-state index is 11.7. The molecular formula is C14H19BrN2O2. The second-order valence-corrected chi connectivity index (χ2v) is 6.01. The molecule has 0 saturated heterocycles. The van der Waals surface area contributed by atoms with Gasteiger partial charge in [-0.1, -0.05) is 40.9 Å². The van der Waals surface area contributed by atoms with Gasteiger partial charge in [0, 0.05) is 17.6 Å². The van der Waals surface area contributed by atoms with Gasteiger partial charge < -0.3 is 15.7 Å². The van der Waals surface area contributed by atoms with Gasteiger partial charge in [0.15, 0.2) is 0 Å². The maximum absolute atomic E-state index is 11.7. The lowest BCUT2D eigenvalue weighted by Gasteiger charge is -2.22. The fourth-order valence-electron chi connectivity index (χ4n) is 2.35. The summed E-state index contributed by atoms with van der Waals surface area (Å²) < 4.78 is 0.993. The van der Waals surface area contributed by atoms with Crippen molar-refractivity contribution in [2.75, 3.05) is 6.54 Å². The predicted octanol–water partition coefficient (Wildman–Crippen LogP) is 2.55. The molecule has 1 saturated carbocycles. The smallest absolute Gasteiger partial charge is 0.315 e. The second kappa shape index (κ2) is 6.39. The first-order chi connectivity index (χ1) is 9.07. The lowest BCUT2D eigenvalue weighted by atomic mass is 10.0. The van der Waals surface area contributed by atoms with E-state index in [1.54, 1.807) is 0 Å². The van der Waals surface area contributed by atoms with Gasteiger partial charge in [0.25, 0.3) is 0 Å². The minimum atomic E-state index is -0.701. The SMILES string of the molecule is O=C(NCc1cccc(Br)c1)NCC1(O)CCCC1. The third-order valence-corrected chi connectivity index (χ3v) is 3.95. The molecule has 1 aliphatic rings. The molecule has 0 spiro atoms. The quantitative estimate of drug-likeness (QED) is 0.796. The van der Waals surface area contributed by atoms with E-state index in [9.17, 15) is 9.90 Å². The number of hydrogen-bond acceptors (Lipinski definition) is 2. The summed E-state index contributed by atoms with van der Waals surface area (Å²) in [6.45, 7) is 0.807. The van der Waals surface area contributed by atoms with E-state index in [1.165, 1.54) is 0 Å². The zero-order chi connectivity index (χ0) is 13.7. The monoisotopic (exact) mass is 326 g/mol. The molecule has 1 aromatic carbocycles. The van der Waals surface area contributed by atoms with Crippen LogP contribution < -0.4 is 10.6 Å². The van der Waals surface area contributed by atoms with Crippen molar-refractivity contribution >= 4 is 22.0 Å². The lowest BCUT2D eigenvalue weighted by Crippen LogP contribution is -2.44. The van der Waals surface area contributed by atoms with E-state index in [1.807, 2.05) is 24.3 Å². The van der Waals surface area contributed by atoms with E-state index >= 15 is 0 Å². The molecule has 0 atom stereocenters. The minimum Gasteiger partial charge on any atom is -0.388 e. The van der Waals surface area contributed by atoms with Gasteiger partial charge in [-0.25, -0.2) is 4.79 Å². The third-order valence-electron chi connectivity index (χ3n) is 3.45. The Labute approximate surface area is 121 Å². The first kappa shape index (κ1) is 14.3. The second-order valence-electron chi connectivity index (χ2n) is 5.10. The van der Waals surface area contributed by atoms with Gasteiger partial charge in [-0.15, -0.1) is 0 Å². The standard InChI is InChI=1S/C14H19BrN2O2/c15-12-5-3-4-11(8-12)9-16-13(18)17-10-14(19)6-1-2-7-14/h3-5,8,19H,1-2,6-7,9-10H2,(H2,16,17,18). The Balaban J connectivity index is 1.73. The molecule has 2 amide bonds. The van der Waals surface area contributed by atoms with Crippen LogP contribution in [0.15, 0.2) is 28.7 Å². The Hall–Kier alpha value is -1.07. The maximum Gasteiger partial charge on any atom is 0.315 e. The summed E-state index contributed by atoms with van der Waals surface area (Å²) in [4.78, 5) is 11.7. The number of benzene rings is 1. The van der Waals surface area contributed by atoms with Crippen LogP contribution in [0.2, 0.25) is 0 Å². The van der Waals surface area contributed by atoms with Gasteiger partial charge in [-0.2, -0.15) is 0 Å². The molecule has 2 rings (SSSR count). The lowest BCUT2D eigenvalue weighted by molar-refractivity contribution is 0.0501. The van der Waals surface area contributed by atoms with E-state index in [0.29, 0.717) is 13.1 Å². The molecule has 0 radical (unpaired) electrons. The van der Waals surface area contributed by atoms with Crippen LogP contribution in [0.1, 0.15) is 31.2 Å². The van der Waals surface area contributed by atoms with Crippen molar-refractivity contribution in [2.45, 2.75) is 37.8 Å². The highest BCUT2D eigenvalue weighted by Gasteiger charge is 2.31. The van der Waals surface area contributed by atoms with Gasteiger partial charge in [-0.05, 0) is 30.5 Å². The molecule has 0 unspecified atom stereocenters. The van der Waals surface area contributed by atoms with E-state index in [4.69, 9.17) is 0 Å². The van der Waals surface area contributed by atoms with E-state index in [0.717, 1.165) is 35.7 Å². The Bertz CT molecular complexity index is 445. The van der Waals surface area contributed by atoms with Crippen molar-refractivity contribution in [1.82, 2.24) is 10.6 Å². The molecule has 0 bridgehead atoms. The molecule has 1 aliphatic carbocycles. The summed E-state index contributed by atoms with van der Waals surface area (Å²) in [5.41, 5.74) is 0.330. The number of nitrogens with one attached hydrogen (secondary N) is 2. The summed E-state index contributed by atoms with van der Waals surface area (Å²) in [5.74, 6) is 0. The Morgan fingerprint density at radius 3 is 2.74 bits per heavy atom. The molecule has 5 heteroatoms. The minimum absolute atomic E-state index is 0.236. The van der Waals surface area contributed by atoms with Crippen LogP contribution in [0.25, 0.3) is 0 Å². The molecule has 0 aromatic heterocycles. The van der Waals surface area contributed by atoms with Crippen LogP contribution in [-0.4, -0.2) is 23.3 Å². The predicted molar refractivity (Wildman–Crippen MR) is 77.8 cm³/mol. The summed E-state index contributed by atoms with van der Waals surface area (Å²) in [5, 5.41) is 15.6. The number of urea groups is 1. The summed E-state index contributed by atoms with van der Waals surface area (Å²) in [6.07, 6.45) is 3.63. The molecule has 19 heavy (non-hydrogen) atoms. The summed E-state index contributed by atoms with van der Waals surface area (Å²) >= 11 is 3.39. The zero-order valence-electron chi connectivity index (χ0n) is 10.8. The number of carbonyl (C=O) groups is 1. The molecule has 0 aliphatic heterocycles. The number of carbonyl (C=O) groups excluding carboxylic acids is 1. The average molecular weight is 327 g/mol. The zero-order valence-corrected chi connectivity index (χ0v) is 12.4. The Morgan fingerprint density at radius 1 is 1.32 bits per heavy atom. The van der Waals surface area contributed by atoms with Crippen LogP contribution >= 0.6 is 15.9 Å². The molecule has 104 valence electrons. The number of aliphatic hydroxyl groups is 1. The van der Waals surface area contributed by atoms with Crippen LogP contribution in [0.4, 0.5) is 4.79 Å². The molecule has 4 nitrogen and oxygen atoms in total. The number of hydrogen-bond donors (Lipinski definition) is 3. The fourth-order valence-corrected chi connectivity index (χ4v) is 2.79. The third kappa shape index (κ3) is 4.51. The van der Waals surface area contributed by atoms with Crippen LogP contribution in [0.3, 0.4) is 0 Å². The van der Waals surface area contributed by atoms with Crippen LogP contribution in [-0.2, 0) is 6.54 Å². The van der Waals surface area contributed by atoms with Gasteiger partial charge in [0.2, 0.25) is 0 Å². The molecule has 3 N–H and O–H groups in total. The van der Waals surface area contributed by atoms with Gasteiger partial charge >= 0.3 is 6.03 Å². The van der Waals surface area contributed by atoms with E-state index < -0.39 is 5.60 Å². The van der Waals surface area contributed by atoms with Crippen LogP contribution in [0, 0.1) is 0 Å². The van der Waals surface area contributed by atoms with E-state index in [2.05, 4.69) is 26.6 Å². The van der Waals surface area contributed by atoms with Gasteiger partial charge in [0.1, 0.15) is 0 Å². The fraction of sp³-hybridized carbons (Fsp3) is 0.500. The van der Waals surface area contributed by atoms with Gasteiger partial charge in [-0.3, -0.25) is 0 Å². The summed E-state index contributed by atoms with van der Waals surface area (Å²) in [7, 11) is 0. The average Bonchev–Trinajstić information content (AvgIpc) is 2.82. The normalized spacial score (nSPS) is 17.2. The topological polar surface area (TPSA) is 61.4 Å². The van der Waals surface area contributed by atoms with Crippen molar-refractivity contribution in [3.8, 4) is 0 Å². The highest BCUT2D eigenvalue weighted by molar-refractivity contribution is 9.10. The van der Waals surface area contributed by atoms with Gasteiger partial charge in [0.05, 0.1) is 5.60 Å². The number of amides is 2. The summed E-state index contributed by atoms with van der Waals surface area (Å²) in [6, 6.07) is 7.56. The first-order valence-electron chi connectivity index (χ1n) is 6.56. The molecule has 1 aromatic rings. The number of halogens is 1. The van der Waals surface area contributed by atoms with Crippen LogP contribution in [0.5, 0.6) is 0 Å². The van der Waals surface area contributed by atoms with Crippen molar-refractivity contribution in [1.29, 1.82) is 0 Å². The Morgan fingerprint density at radius 2 is 2.05 bits per heavy atom. The van der Waals surface area contributed by atoms with Crippen molar-refractivity contribution in [3.05, 3.63) is 34.3 Å². The van der Waals surface area contributed by atoms with E-state index in [-0.39, 0.29) is 6.03 Å². The highest BCUT2D eigenvalue weighted by atomic mass is 79.9. The first-order valence-corrected chi connectivity index (χ1v) is 7.35. The molecule has 0 heterocycles. The molecular weight excluding hydrogens is 308 g/mol. The highest BCUT2D eigenvalue weighted by Crippen LogP contribution is 2.28. The number of rotatable bonds is 4. The van der Waals surface area contributed by atoms with Crippen molar-refractivity contribution in [3.63, 3.8) is 0 Å². The van der Waals surface area contributed by atoms with Crippen molar-refractivity contribution in [2.24, 2.45) is 0 Å². The largest absolute Gasteiger partial charge is 0.388 e. The van der Waals surface area contributed by atoms with Crippen molar-refractivity contribution < 1.29 is 9.90 Å². The Kier molecular flexibility index (Phi) is 4.82. The molecule has 1 fully saturated rings.